The Morgan fingerprint density at radius 1 is 1.16 bits per heavy atom. The Hall–Kier alpha value is -2.61. The molecular formula is C23H35N5O2S. The summed E-state index contributed by atoms with van der Waals surface area (Å²) in [5, 5.41) is 9.78. The van der Waals surface area contributed by atoms with Crippen LogP contribution in [-0.2, 0) is 24.4 Å². The number of nitrogens with one attached hydrogen (secondary N) is 2. The van der Waals surface area contributed by atoms with Crippen LogP contribution in [0.3, 0.4) is 0 Å². The smallest absolute Gasteiger partial charge is 0.410 e. The molecule has 2 N–H and O–H groups in total. The van der Waals surface area contributed by atoms with Crippen LogP contribution in [0.5, 0.6) is 0 Å². The lowest BCUT2D eigenvalue weighted by atomic mass is 10.1. The first-order chi connectivity index (χ1) is 14.6. The average molecular weight is 446 g/mol. The molecule has 170 valence electrons. The van der Waals surface area contributed by atoms with Gasteiger partial charge in [-0.3, -0.25) is 4.99 Å². The molecule has 1 amide bonds. The Morgan fingerprint density at radius 3 is 2.32 bits per heavy atom. The topological polar surface area (TPSA) is 78.9 Å². The first-order valence-electron chi connectivity index (χ1n) is 10.5. The van der Waals surface area contributed by atoms with E-state index in [0.717, 1.165) is 27.8 Å². The zero-order valence-electron chi connectivity index (χ0n) is 19.7. The van der Waals surface area contributed by atoms with E-state index >= 15 is 0 Å². The third-order valence-corrected chi connectivity index (χ3v) is 5.27. The van der Waals surface area contributed by atoms with E-state index in [4.69, 9.17) is 4.74 Å². The van der Waals surface area contributed by atoms with Crippen molar-refractivity contribution >= 4 is 23.4 Å². The number of aromatic nitrogens is 1. The van der Waals surface area contributed by atoms with Crippen molar-refractivity contribution in [3.05, 3.63) is 51.5 Å². The number of carbonyl (C=O) groups is 1. The number of hydrogen-bond donors (Lipinski definition) is 2. The number of benzene rings is 1. The van der Waals surface area contributed by atoms with Crippen LogP contribution in [0.2, 0.25) is 0 Å². The van der Waals surface area contributed by atoms with Crippen molar-refractivity contribution in [2.75, 3.05) is 14.1 Å². The number of thiazole rings is 1. The molecule has 0 aliphatic rings. The Bertz CT molecular complexity index is 869. The van der Waals surface area contributed by atoms with Crippen molar-refractivity contribution in [1.82, 2.24) is 20.5 Å². The molecule has 7 nitrogen and oxygen atoms in total. The predicted octanol–water partition coefficient (Wildman–Crippen LogP) is 4.50. The van der Waals surface area contributed by atoms with Gasteiger partial charge in [-0.2, -0.15) is 0 Å². The summed E-state index contributed by atoms with van der Waals surface area (Å²) in [6, 6.07) is 8.15. The van der Waals surface area contributed by atoms with Gasteiger partial charge in [0.1, 0.15) is 10.6 Å². The number of hydrogen-bond acceptors (Lipinski definition) is 5. The SMILES string of the molecule is CN=C(NCc1ccc(CN(C)C(=O)OC(C)(C)C)cc1)NCc1nc(C(C)C)cs1. The second-order valence-corrected chi connectivity index (χ2v) is 9.70. The number of ether oxygens (including phenoxy) is 1. The first-order valence-corrected chi connectivity index (χ1v) is 11.4. The quantitative estimate of drug-likeness (QED) is 0.485. The van der Waals surface area contributed by atoms with Gasteiger partial charge in [-0.05, 0) is 37.8 Å². The van der Waals surface area contributed by atoms with Crippen LogP contribution >= 0.6 is 11.3 Å². The number of guanidine groups is 1. The van der Waals surface area contributed by atoms with Crippen molar-refractivity contribution in [2.45, 2.75) is 65.8 Å². The molecule has 1 aromatic heterocycles. The lowest BCUT2D eigenvalue weighted by Crippen LogP contribution is -2.36. The van der Waals surface area contributed by atoms with Crippen molar-refractivity contribution < 1.29 is 9.53 Å². The van der Waals surface area contributed by atoms with Crippen molar-refractivity contribution in [1.29, 1.82) is 0 Å². The molecule has 0 aliphatic carbocycles. The molecule has 0 spiro atoms. The summed E-state index contributed by atoms with van der Waals surface area (Å²) in [5.74, 6) is 1.17. The highest BCUT2D eigenvalue weighted by molar-refractivity contribution is 7.09. The number of amides is 1. The fourth-order valence-electron chi connectivity index (χ4n) is 2.68. The highest BCUT2D eigenvalue weighted by Crippen LogP contribution is 2.17. The summed E-state index contributed by atoms with van der Waals surface area (Å²) in [5.41, 5.74) is 2.80. The molecule has 31 heavy (non-hydrogen) atoms. The molecule has 1 heterocycles. The standard InChI is InChI=1S/C23H35N5O2S/c1-16(2)19-15-31-20(27-19)13-26-21(24-6)25-12-17-8-10-18(11-9-17)14-28(7)22(29)30-23(3,4)5/h8-11,15-16H,12-14H2,1-7H3,(H2,24,25,26). The Labute approximate surface area is 189 Å². The van der Waals surface area contributed by atoms with Gasteiger partial charge in [0, 0.05) is 32.6 Å². The van der Waals surface area contributed by atoms with Crippen molar-refractivity contribution in [3.63, 3.8) is 0 Å². The molecule has 0 saturated heterocycles. The van der Waals surface area contributed by atoms with E-state index in [-0.39, 0.29) is 6.09 Å². The van der Waals surface area contributed by atoms with Gasteiger partial charge >= 0.3 is 6.09 Å². The number of nitrogens with zero attached hydrogens (tertiary/aromatic N) is 3. The summed E-state index contributed by atoms with van der Waals surface area (Å²) >= 11 is 1.66. The van der Waals surface area contributed by atoms with Crippen LogP contribution in [0.4, 0.5) is 4.79 Å². The van der Waals surface area contributed by atoms with Crippen LogP contribution in [0, 0.1) is 0 Å². The molecule has 0 saturated carbocycles. The maximum Gasteiger partial charge on any atom is 0.410 e. The molecule has 8 heteroatoms. The summed E-state index contributed by atoms with van der Waals surface area (Å²) in [4.78, 5) is 22.6. The van der Waals surface area contributed by atoms with E-state index in [1.165, 1.54) is 0 Å². The van der Waals surface area contributed by atoms with Crippen LogP contribution in [0.25, 0.3) is 0 Å². The lowest BCUT2D eigenvalue weighted by Gasteiger charge is -2.24. The molecule has 0 fully saturated rings. The number of aliphatic imine (C=N–C) groups is 1. The van der Waals surface area contributed by atoms with E-state index < -0.39 is 5.60 Å². The van der Waals surface area contributed by atoms with E-state index in [1.807, 2.05) is 45.0 Å². The monoisotopic (exact) mass is 445 g/mol. The largest absolute Gasteiger partial charge is 0.444 e. The molecule has 0 bridgehead atoms. The van der Waals surface area contributed by atoms with Gasteiger partial charge in [0.2, 0.25) is 0 Å². The summed E-state index contributed by atoms with van der Waals surface area (Å²) in [7, 11) is 3.50. The Kier molecular flexibility index (Phi) is 8.86. The maximum absolute atomic E-state index is 12.1. The Morgan fingerprint density at radius 2 is 1.77 bits per heavy atom. The minimum absolute atomic E-state index is 0.325. The van der Waals surface area contributed by atoms with Gasteiger partial charge < -0.3 is 20.3 Å². The Balaban J connectivity index is 1.81. The van der Waals surface area contributed by atoms with Gasteiger partial charge in [0.25, 0.3) is 0 Å². The molecule has 0 unspecified atom stereocenters. The zero-order valence-corrected chi connectivity index (χ0v) is 20.5. The summed E-state index contributed by atoms with van der Waals surface area (Å²) in [6.45, 7) is 11.7. The highest BCUT2D eigenvalue weighted by atomic mass is 32.1. The van der Waals surface area contributed by atoms with Gasteiger partial charge in [-0.1, -0.05) is 38.1 Å². The van der Waals surface area contributed by atoms with Crippen LogP contribution < -0.4 is 10.6 Å². The van der Waals surface area contributed by atoms with Crippen LogP contribution in [0.15, 0.2) is 34.6 Å². The molecule has 1 aromatic carbocycles. The lowest BCUT2D eigenvalue weighted by molar-refractivity contribution is 0.0285. The van der Waals surface area contributed by atoms with E-state index in [2.05, 4.69) is 39.8 Å². The van der Waals surface area contributed by atoms with Crippen molar-refractivity contribution in [3.8, 4) is 0 Å². The minimum atomic E-state index is -0.496. The molecular weight excluding hydrogens is 410 g/mol. The van der Waals surface area contributed by atoms with Crippen molar-refractivity contribution in [2.24, 2.45) is 4.99 Å². The number of rotatable bonds is 7. The van der Waals surface area contributed by atoms with Gasteiger partial charge in [0.05, 0.1) is 12.2 Å². The molecule has 0 atom stereocenters. The van der Waals surface area contributed by atoms with Gasteiger partial charge in [-0.15, -0.1) is 11.3 Å². The zero-order chi connectivity index (χ0) is 23.0. The maximum atomic E-state index is 12.1. The highest BCUT2D eigenvalue weighted by Gasteiger charge is 2.19. The average Bonchev–Trinajstić information content (AvgIpc) is 3.17. The second kappa shape index (κ2) is 11.1. The van der Waals surface area contributed by atoms with E-state index in [0.29, 0.717) is 25.6 Å². The fraction of sp³-hybridized carbons (Fsp3) is 0.522. The molecule has 2 aromatic rings. The summed E-state index contributed by atoms with van der Waals surface area (Å²) < 4.78 is 5.39. The van der Waals surface area contributed by atoms with Gasteiger partial charge in [0.15, 0.2) is 5.96 Å². The van der Waals surface area contributed by atoms with Crippen LogP contribution in [0.1, 0.15) is 62.4 Å². The third kappa shape index (κ3) is 8.57. The molecule has 0 aliphatic heterocycles. The van der Waals surface area contributed by atoms with Crippen LogP contribution in [-0.4, -0.2) is 41.6 Å². The molecule has 2 rings (SSSR count). The normalized spacial score (nSPS) is 12.1. The fourth-order valence-corrected chi connectivity index (χ4v) is 3.57. The minimum Gasteiger partial charge on any atom is -0.444 e. The second-order valence-electron chi connectivity index (χ2n) is 8.75. The summed E-state index contributed by atoms with van der Waals surface area (Å²) in [6.07, 6.45) is -0.325. The van der Waals surface area contributed by atoms with Gasteiger partial charge in [-0.25, -0.2) is 9.78 Å². The van der Waals surface area contributed by atoms with E-state index in [9.17, 15) is 4.79 Å². The predicted molar refractivity (Wildman–Crippen MR) is 127 cm³/mol. The third-order valence-electron chi connectivity index (χ3n) is 4.40. The first kappa shape index (κ1) is 24.7. The van der Waals surface area contributed by atoms with E-state index in [1.54, 1.807) is 30.3 Å². The molecule has 0 radical (unpaired) electrons. The number of carbonyl (C=O) groups excluding carboxylic acids is 1.